The van der Waals surface area contributed by atoms with Crippen LogP contribution in [-0.4, -0.2) is 11.7 Å². The second-order valence-corrected chi connectivity index (χ2v) is 2.79. The summed E-state index contributed by atoms with van der Waals surface area (Å²) < 4.78 is 0. The molecule has 0 saturated carbocycles. The topological polar surface area (TPSA) is 26.0 Å². The third-order valence-electron chi connectivity index (χ3n) is 1.15. The first-order valence-electron chi connectivity index (χ1n) is 2.69. The Bertz CT molecular complexity index is 45.3. The van der Waals surface area contributed by atoms with Gasteiger partial charge in [0.2, 0.25) is 0 Å². The fourth-order valence-electron chi connectivity index (χ4n) is 0.372. The number of hydrogen-bond acceptors (Lipinski definition) is 1. The van der Waals surface area contributed by atoms with Crippen molar-refractivity contribution in [2.45, 2.75) is 32.0 Å². The second-order valence-electron chi connectivity index (χ2n) is 1.93. The molecule has 3 unspecified atom stereocenters. The van der Waals surface area contributed by atoms with Crippen LogP contribution in [0.3, 0.4) is 0 Å². The molecule has 0 spiro atoms. The second kappa shape index (κ2) is 3.40. The summed E-state index contributed by atoms with van der Waals surface area (Å²) in [6.07, 6.45) is 1.16. The molecule has 0 rings (SSSR count). The standard InChI is InChI=1S/C5H14NP/c1-3-5(7)4(2)6/h4-5H,3,6-7H2,1-2H3. The molecule has 44 valence electrons. The molecule has 7 heavy (non-hydrogen) atoms. The molecule has 0 heterocycles. The summed E-state index contributed by atoms with van der Waals surface area (Å²) in [5, 5.41) is 0. The van der Waals surface area contributed by atoms with E-state index in [0.717, 1.165) is 6.42 Å². The fraction of sp³-hybridized carbons (Fsp3) is 1.00. The van der Waals surface area contributed by atoms with E-state index in [4.69, 9.17) is 5.73 Å². The van der Waals surface area contributed by atoms with Gasteiger partial charge in [-0.25, -0.2) is 0 Å². The van der Waals surface area contributed by atoms with Gasteiger partial charge in [-0.2, -0.15) is 0 Å². The van der Waals surface area contributed by atoms with Crippen molar-refractivity contribution >= 4 is 9.24 Å². The maximum atomic E-state index is 5.53. The molecule has 3 atom stereocenters. The van der Waals surface area contributed by atoms with Crippen LogP contribution in [0.25, 0.3) is 0 Å². The Balaban J connectivity index is 3.14. The molecule has 0 radical (unpaired) electrons. The van der Waals surface area contributed by atoms with E-state index >= 15 is 0 Å². The zero-order chi connectivity index (χ0) is 5.86. The van der Waals surface area contributed by atoms with Crippen LogP contribution in [0.15, 0.2) is 0 Å². The first-order chi connectivity index (χ1) is 3.18. The highest BCUT2D eigenvalue weighted by Gasteiger charge is 2.01. The molecule has 2 N–H and O–H groups in total. The average molecular weight is 119 g/mol. The van der Waals surface area contributed by atoms with E-state index in [1.165, 1.54) is 0 Å². The highest BCUT2D eigenvalue weighted by atomic mass is 31.0. The van der Waals surface area contributed by atoms with Crippen LogP contribution in [0.2, 0.25) is 0 Å². The molecule has 0 aromatic rings. The minimum absolute atomic E-state index is 0.329. The lowest BCUT2D eigenvalue weighted by atomic mass is 10.2. The van der Waals surface area contributed by atoms with Crippen LogP contribution < -0.4 is 5.73 Å². The molecule has 0 aliphatic heterocycles. The van der Waals surface area contributed by atoms with Gasteiger partial charge >= 0.3 is 0 Å². The van der Waals surface area contributed by atoms with Crippen molar-refractivity contribution in [3.8, 4) is 0 Å². The van der Waals surface area contributed by atoms with Gasteiger partial charge in [0.15, 0.2) is 0 Å². The maximum absolute atomic E-state index is 5.53. The van der Waals surface area contributed by atoms with Gasteiger partial charge in [-0.1, -0.05) is 6.92 Å². The van der Waals surface area contributed by atoms with E-state index in [-0.39, 0.29) is 0 Å². The fourth-order valence-corrected chi connectivity index (χ4v) is 0.372. The smallest absolute Gasteiger partial charge is 0.00732 e. The maximum Gasteiger partial charge on any atom is 0.00732 e. The first kappa shape index (κ1) is 7.39. The van der Waals surface area contributed by atoms with E-state index in [1.807, 2.05) is 6.92 Å². The van der Waals surface area contributed by atoms with E-state index in [1.54, 1.807) is 0 Å². The van der Waals surface area contributed by atoms with Crippen LogP contribution in [0.5, 0.6) is 0 Å². The largest absolute Gasteiger partial charge is 0.327 e. The van der Waals surface area contributed by atoms with E-state index < -0.39 is 0 Å². The third kappa shape index (κ3) is 3.02. The predicted molar refractivity (Wildman–Crippen MR) is 37.4 cm³/mol. The predicted octanol–water partition coefficient (Wildman–Crippen LogP) is 0.987. The van der Waals surface area contributed by atoms with Crippen LogP contribution >= 0.6 is 9.24 Å². The van der Waals surface area contributed by atoms with Gasteiger partial charge < -0.3 is 5.73 Å². The quantitative estimate of drug-likeness (QED) is 0.539. The Morgan fingerprint density at radius 1 is 1.71 bits per heavy atom. The third-order valence-corrected chi connectivity index (χ3v) is 2.23. The molecular weight excluding hydrogens is 105 g/mol. The molecule has 0 saturated heterocycles. The van der Waals surface area contributed by atoms with E-state index in [0.29, 0.717) is 11.7 Å². The van der Waals surface area contributed by atoms with Gasteiger partial charge in [0.1, 0.15) is 0 Å². The zero-order valence-electron chi connectivity index (χ0n) is 5.02. The Morgan fingerprint density at radius 2 is 2.14 bits per heavy atom. The van der Waals surface area contributed by atoms with Crippen molar-refractivity contribution in [1.29, 1.82) is 0 Å². The first-order valence-corrected chi connectivity index (χ1v) is 3.36. The number of rotatable bonds is 2. The van der Waals surface area contributed by atoms with Crippen LogP contribution in [0.4, 0.5) is 0 Å². The summed E-state index contributed by atoms with van der Waals surface area (Å²) in [5.74, 6) is 0. The van der Waals surface area contributed by atoms with Gasteiger partial charge in [-0.05, 0) is 19.0 Å². The minimum atomic E-state index is 0.329. The summed E-state index contributed by atoms with van der Waals surface area (Å²) in [7, 11) is 2.72. The Morgan fingerprint density at radius 3 is 2.14 bits per heavy atom. The zero-order valence-corrected chi connectivity index (χ0v) is 6.17. The van der Waals surface area contributed by atoms with Gasteiger partial charge in [-0.15, -0.1) is 9.24 Å². The molecule has 0 bridgehead atoms. The van der Waals surface area contributed by atoms with E-state index in [9.17, 15) is 0 Å². The summed E-state index contributed by atoms with van der Waals surface area (Å²) in [6.45, 7) is 4.17. The van der Waals surface area contributed by atoms with E-state index in [2.05, 4.69) is 16.2 Å². The minimum Gasteiger partial charge on any atom is -0.327 e. The van der Waals surface area contributed by atoms with Crippen LogP contribution in [0, 0.1) is 0 Å². The summed E-state index contributed by atoms with van der Waals surface area (Å²) in [6, 6.07) is 0.329. The van der Waals surface area contributed by atoms with Gasteiger partial charge in [-0.3, -0.25) is 0 Å². The van der Waals surface area contributed by atoms with Crippen molar-refractivity contribution < 1.29 is 0 Å². The van der Waals surface area contributed by atoms with Crippen molar-refractivity contribution in [3.05, 3.63) is 0 Å². The summed E-state index contributed by atoms with van der Waals surface area (Å²) >= 11 is 0. The Hall–Kier alpha value is 0.390. The lowest BCUT2D eigenvalue weighted by Crippen LogP contribution is -2.25. The number of nitrogens with two attached hydrogens (primary N) is 1. The molecule has 0 aromatic heterocycles. The van der Waals surface area contributed by atoms with Crippen LogP contribution in [0.1, 0.15) is 20.3 Å². The van der Waals surface area contributed by atoms with Gasteiger partial charge in [0.05, 0.1) is 0 Å². The highest BCUT2D eigenvalue weighted by Crippen LogP contribution is 2.06. The normalized spacial score (nSPS) is 18.9. The summed E-state index contributed by atoms with van der Waals surface area (Å²) in [4.78, 5) is 0. The van der Waals surface area contributed by atoms with Crippen molar-refractivity contribution in [3.63, 3.8) is 0 Å². The van der Waals surface area contributed by atoms with Gasteiger partial charge in [0.25, 0.3) is 0 Å². The number of hydrogen-bond donors (Lipinski definition) is 1. The molecule has 0 aliphatic rings. The highest BCUT2D eigenvalue weighted by molar-refractivity contribution is 7.17. The molecule has 0 aromatic carbocycles. The van der Waals surface area contributed by atoms with Crippen molar-refractivity contribution in [2.75, 3.05) is 0 Å². The van der Waals surface area contributed by atoms with Crippen molar-refractivity contribution in [2.24, 2.45) is 5.73 Å². The molecule has 0 fully saturated rings. The molecule has 2 heteroatoms. The monoisotopic (exact) mass is 119 g/mol. The SMILES string of the molecule is CCC(P)C(C)N. The lowest BCUT2D eigenvalue weighted by Gasteiger charge is -2.10. The molecular formula is C5H14NP. The summed E-state index contributed by atoms with van der Waals surface area (Å²) in [5.41, 5.74) is 6.12. The van der Waals surface area contributed by atoms with Gasteiger partial charge in [0, 0.05) is 6.04 Å². The van der Waals surface area contributed by atoms with Crippen LogP contribution in [-0.2, 0) is 0 Å². The molecule has 0 amide bonds. The Labute approximate surface area is 47.9 Å². The lowest BCUT2D eigenvalue weighted by molar-refractivity contribution is 0.670. The molecule has 1 nitrogen and oxygen atoms in total. The Kier molecular flexibility index (Phi) is 3.59. The molecule has 0 aliphatic carbocycles. The van der Waals surface area contributed by atoms with Crippen molar-refractivity contribution in [1.82, 2.24) is 0 Å². The average Bonchev–Trinajstić information content (AvgIpc) is 1.65.